The molecule has 424 valence electrons. The topological polar surface area (TPSA) is 289 Å². The minimum absolute atomic E-state index is 0.00612. The van der Waals surface area contributed by atoms with Crippen LogP contribution >= 0.6 is 8.53 Å². The van der Waals surface area contributed by atoms with Gasteiger partial charge in [-0.25, -0.2) is 14.4 Å². The number of nitro groups is 2. The number of hydrogen-bond acceptors (Lipinski definition) is 19. The molecule has 0 aliphatic carbocycles. The third-order valence-electron chi connectivity index (χ3n) is 13.1. The number of para-hydroxylation sites is 2. The van der Waals surface area contributed by atoms with Gasteiger partial charge in [0.05, 0.1) is 73.8 Å². The van der Waals surface area contributed by atoms with Crippen LogP contribution in [0, 0.1) is 31.6 Å². The Hall–Kier alpha value is -8.24. The number of aromatic nitrogens is 4. The second kappa shape index (κ2) is 27.3. The molecule has 0 radical (unpaired) electrons. The highest BCUT2D eigenvalue weighted by atomic mass is 31.2. The molecule has 7 aromatic rings. The first kappa shape index (κ1) is 58.9. The Morgan fingerprint density at radius 3 is 1.96 bits per heavy atom. The zero-order valence-corrected chi connectivity index (χ0v) is 46.0. The number of rotatable bonds is 27. The SMILES string of the molecule is COc1ccc(C(OC[C@H]2O[C@@H](n3cnc4c(=O)[nH]c(NC(=O)OCc5ccccc5[N+](=O)[O-])nc43)[C@H](OCOCc3ccccc3[N+](=O)[O-])[C@@H]2OP(OCCC#N)N(C(C)C)C(C)C)(c2ccccc2)c2ccc(OC)cc2)cc1. The van der Waals surface area contributed by atoms with Gasteiger partial charge in [-0.05, 0) is 80.8 Å². The van der Waals surface area contributed by atoms with Gasteiger partial charge in [0.2, 0.25) is 5.95 Å². The summed E-state index contributed by atoms with van der Waals surface area (Å²) in [6.45, 7) is 6.50. The van der Waals surface area contributed by atoms with Crippen molar-refractivity contribution in [2.75, 3.05) is 39.5 Å². The van der Waals surface area contributed by atoms with E-state index in [-0.39, 0.29) is 77.9 Å². The fraction of sp³-hybridized carbons (Fsp3) is 0.339. The summed E-state index contributed by atoms with van der Waals surface area (Å²) < 4.78 is 61.0. The van der Waals surface area contributed by atoms with Gasteiger partial charge in [-0.1, -0.05) is 78.9 Å². The molecule has 5 aromatic carbocycles. The van der Waals surface area contributed by atoms with Crippen molar-refractivity contribution in [2.45, 2.75) is 89.6 Å². The number of nitrogens with zero attached hydrogens (tertiary/aromatic N) is 7. The zero-order valence-electron chi connectivity index (χ0n) is 45.1. The highest BCUT2D eigenvalue weighted by Crippen LogP contribution is 2.52. The summed E-state index contributed by atoms with van der Waals surface area (Å²) in [6.07, 6.45) is -4.54. The Kier molecular flexibility index (Phi) is 19.8. The molecule has 1 unspecified atom stereocenters. The molecule has 1 aliphatic heterocycles. The van der Waals surface area contributed by atoms with E-state index in [1.54, 1.807) is 38.5 Å². The number of H-pyrrole nitrogens is 1. The Morgan fingerprint density at radius 1 is 0.827 bits per heavy atom. The number of hydrogen-bond donors (Lipinski definition) is 2. The fourth-order valence-corrected chi connectivity index (χ4v) is 11.2. The standard InChI is InChI=1S/C56H60N9O15P/c1-36(2)63(37(3)4)81(78-30-14-29-57)80-49-47(33-77-56(40-17-8-7-9-18-40,41-21-25-43(72-5)26-22-41)42-23-27-44(73-6)28-24-42)79-53(50(49)76-35-74-31-38-15-10-12-19-45(38)64(68)69)62-34-58-48-51(62)59-54(60-52(48)66)61-55(67)75-32-39-16-11-13-20-46(39)65(70)71/h7-13,15-28,34,36-37,47,49-50,53H,14,30-33,35H2,1-6H3,(H2,59,60,61,66,67)/t47-,49-,50-,53-,81?/m1/s1. The Balaban J connectivity index is 1.24. The zero-order chi connectivity index (χ0) is 57.6. The molecule has 81 heavy (non-hydrogen) atoms. The summed E-state index contributed by atoms with van der Waals surface area (Å²) in [7, 11) is 1.09. The number of methoxy groups -OCH3 is 2. The van der Waals surface area contributed by atoms with Crippen LogP contribution in [0.5, 0.6) is 11.5 Å². The molecule has 0 bridgehead atoms. The van der Waals surface area contributed by atoms with Crippen molar-refractivity contribution in [1.29, 1.82) is 5.26 Å². The summed E-state index contributed by atoms with van der Waals surface area (Å²) in [5, 5.41) is 35.7. The maximum Gasteiger partial charge on any atom is 0.414 e. The van der Waals surface area contributed by atoms with Gasteiger partial charge in [-0.15, -0.1) is 0 Å². The molecular formula is C56H60N9O15P. The van der Waals surface area contributed by atoms with Gasteiger partial charge in [-0.2, -0.15) is 10.2 Å². The average molecular weight is 1130 g/mol. The molecule has 25 heteroatoms. The number of nitro benzene ring substituents is 2. The summed E-state index contributed by atoms with van der Waals surface area (Å²) in [5.41, 5.74) is -0.274. The van der Waals surface area contributed by atoms with Crippen LogP contribution in [0.3, 0.4) is 0 Å². The van der Waals surface area contributed by atoms with Crippen LogP contribution in [-0.4, -0.2) is 105 Å². The molecule has 2 aromatic heterocycles. The van der Waals surface area contributed by atoms with Crippen LogP contribution in [0.4, 0.5) is 22.1 Å². The molecular weight excluding hydrogens is 1070 g/mol. The molecule has 1 fully saturated rings. The number of imidazole rings is 1. The number of amides is 1. The number of nitriles is 1. The van der Waals surface area contributed by atoms with Gasteiger partial charge in [0.1, 0.15) is 48.8 Å². The Labute approximate surface area is 466 Å². The summed E-state index contributed by atoms with van der Waals surface area (Å²) in [5.74, 6) is 0.838. The Bertz CT molecular complexity index is 3300. The van der Waals surface area contributed by atoms with E-state index in [0.29, 0.717) is 22.6 Å². The summed E-state index contributed by atoms with van der Waals surface area (Å²) >= 11 is 0. The first-order chi connectivity index (χ1) is 39.2. The number of nitrogens with one attached hydrogen (secondary N) is 2. The third-order valence-corrected chi connectivity index (χ3v) is 15.2. The molecule has 2 N–H and O–H groups in total. The smallest absolute Gasteiger partial charge is 0.414 e. The lowest BCUT2D eigenvalue weighted by Gasteiger charge is -2.39. The normalized spacial score (nSPS) is 16.6. The molecule has 3 heterocycles. The second-order valence-corrected chi connectivity index (χ2v) is 20.2. The van der Waals surface area contributed by atoms with E-state index in [4.69, 9.17) is 42.2 Å². The number of fused-ring (bicyclic) bond motifs is 1. The quantitative estimate of drug-likeness (QED) is 0.0121. The maximum atomic E-state index is 13.8. The molecule has 0 spiro atoms. The van der Waals surface area contributed by atoms with E-state index < -0.39 is 73.6 Å². The van der Waals surface area contributed by atoms with Crippen LogP contribution < -0.4 is 20.3 Å². The monoisotopic (exact) mass is 1130 g/mol. The first-order valence-electron chi connectivity index (χ1n) is 25.6. The first-order valence-corrected chi connectivity index (χ1v) is 26.7. The van der Waals surface area contributed by atoms with E-state index in [1.165, 1.54) is 35.2 Å². The van der Waals surface area contributed by atoms with Crippen LogP contribution in [0.25, 0.3) is 11.2 Å². The molecule has 24 nitrogen and oxygen atoms in total. The third kappa shape index (κ3) is 13.7. The maximum absolute atomic E-state index is 13.8. The van der Waals surface area contributed by atoms with Crippen LogP contribution in [0.2, 0.25) is 0 Å². The number of carbonyl (C=O) groups excluding carboxylic acids is 1. The van der Waals surface area contributed by atoms with Gasteiger partial charge in [0.25, 0.3) is 25.5 Å². The fourth-order valence-electron chi connectivity index (χ4n) is 9.40. The van der Waals surface area contributed by atoms with E-state index in [2.05, 4.69) is 26.3 Å². The molecule has 8 rings (SSSR count). The lowest BCUT2D eigenvalue weighted by Crippen LogP contribution is -2.43. The van der Waals surface area contributed by atoms with E-state index in [1.807, 2.05) is 111 Å². The van der Waals surface area contributed by atoms with Crippen LogP contribution in [-0.2, 0) is 51.5 Å². The molecule has 1 amide bonds. The van der Waals surface area contributed by atoms with E-state index in [9.17, 15) is 35.1 Å². The number of carbonyl (C=O) groups is 1. The highest BCUT2D eigenvalue weighted by molar-refractivity contribution is 7.44. The van der Waals surface area contributed by atoms with Crippen molar-refractivity contribution in [3.63, 3.8) is 0 Å². The number of aromatic amines is 1. The van der Waals surface area contributed by atoms with Gasteiger partial charge >= 0.3 is 6.09 Å². The van der Waals surface area contributed by atoms with Crippen LogP contribution in [0.15, 0.2) is 139 Å². The van der Waals surface area contributed by atoms with Crippen molar-refractivity contribution in [3.05, 3.63) is 192 Å². The van der Waals surface area contributed by atoms with Gasteiger partial charge in [-0.3, -0.25) is 39.9 Å². The predicted molar refractivity (Wildman–Crippen MR) is 295 cm³/mol. The predicted octanol–water partition coefficient (Wildman–Crippen LogP) is 9.83. The molecule has 1 saturated heterocycles. The van der Waals surface area contributed by atoms with Crippen molar-refractivity contribution < 1.29 is 56.8 Å². The molecule has 1 aliphatic rings. The van der Waals surface area contributed by atoms with Gasteiger partial charge in [0, 0.05) is 24.2 Å². The second-order valence-electron chi connectivity index (χ2n) is 18.8. The van der Waals surface area contributed by atoms with E-state index in [0.717, 1.165) is 5.56 Å². The Morgan fingerprint density at radius 2 is 1.40 bits per heavy atom. The van der Waals surface area contributed by atoms with Gasteiger partial charge < -0.3 is 42.2 Å². The average Bonchev–Trinajstić information content (AvgIpc) is 4.14. The largest absolute Gasteiger partial charge is 0.497 e. The van der Waals surface area contributed by atoms with Crippen molar-refractivity contribution in [2.24, 2.45) is 0 Å². The van der Waals surface area contributed by atoms with Gasteiger partial charge in [0.15, 0.2) is 17.4 Å². The minimum Gasteiger partial charge on any atom is -0.497 e. The van der Waals surface area contributed by atoms with E-state index >= 15 is 0 Å². The lowest BCUT2D eigenvalue weighted by molar-refractivity contribution is -0.386. The van der Waals surface area contributed by atoms with Crippen molar-refractivity contribution >= 4 is 43.1 Å². The molecule has 5 atom stereocenters. The van der Waals surface area contributed by atoms with Crippen molar-refractivity contribution in [1.82, 2.24) is 24.2 Å². The summed E-state index contributed by atoms with van der Waals surface area (Å²) in [6, 6.07) is 38.2. The highest BCUT2D eigenvalue weighted by Gasteiger charge is 2.52. The van der Waals surface area contributed by atoms with Crippen LogP contribution in [0.1, 0.15) is 68.2 Å². The minimum atomic E-state index is -2.06. The number of anilines is 1. The lowest BCUT2D eigenvalue weighted by atomic mass is 9.80. The molecule has 0 saturated carbocycles. The summed E-state index contributed by atoms with van der Waals surface area (Å²) in [4.78, 5) is 61.1. The number of ether oxygens (including phenoxy) is 7. The van der Waals surface area contributed by atoms with Crippen molar-refractivity contribution in [3.8, 4) is 17.6 Å². The number of benzene rings is 5.